The monoisotopic (exact) mass is 248 g/mol. The van der Waals surface area contributed by atoms with E-state index >= 15 is 0 Å². The summed E-state index contributed by atoms with van der Waals surface area (Å²) in [5, 5.41) is 3.40. The van der Waals surface area contributed by atoms with Crippen LogP contribution >= 0.6 is 0 Å². The van der Waals surface area contributed by atoms with Crippen molar-refractivity contribution >= 4 is 0 Å². The minimum Gasteiger partial charge on any atom is -0.473 e. The quantitative estimate of drug-likeness (QED) is 0.538. The molecule has 100 valence electrons. The lowest BCUT2D eigenvalue weighted by Crippen LogP contribution is -2.14. The van der Waals surface area contributed by atoms with Crippen molar-refractivity contribution in [3.8, 4) is 5.88 Å². The highest BCUT2D eigenvalue weighted by atomic mass is 16.5. The van der Waals surface area contributed by atoms with E-state index < -0.39 is 0 Å². The second kappa shape index (κ2) is 8.70. The number of hydrogen-bond donors (Lipinski definition) is 1. The predicted molar refractivity (Wildman–Crippen MR) is 75.9 cm³/mol. The van der Waals surface area contributed by atoms with Crippen LogP contribution in [0.3, 0.4) is 0 Å². The number of nitrogens with zero attached hydrogens (tertiary/aromatic N) is 1. The summed E-state index contributed by atoms with van der Waals surface area (Å²) in [6, 6.07) is 4.16. The molecule has 0 aliphatic carbocycles. The average Bonchev–Trinajstić information content (AvgIpc) is 2.37. The largest absolute Gasteiger partial charge is 0.473 e. The van der Waals surface area contributed by atoms with Crippen molar-refractivity contribution in [3.05, 3.63) is 36.0 Å². The third-order valence-electron chi connectivity index (χ3n) is 2.53. The molecule has 0 amide bonds. The lowest BCUT2D eigenvalue weighted by atomic mass is 10.1. The lowest BCUT2D eigenvalue weighted by molar-refractivity contribution is 0.347. The normalized spacial score (nSPS) is 10.3. The second-order valence-electron chi connectivity index (χ2n) is 4.33. The van der Waals surface area contributed by atoms with Gasteiger partial charge in [-0.1, -0.05) is 32.9 Å². The van der Waals surface area contributed by atoms with E-state index in [-0.39, 0.29) is 0 Å². The molecule has 0 aliphatic rings. The summed E-state index contributed by atoms with van der Waals surface area (Å²) in [7, 11) is 0. The average molecular weight is 248 g/mol. The minimum atomic E-state index is 0.504. The van der Waals surface area contributed by atoms with Crippen LogP contribution in [0, 0.1) is 0 Å². The summed E-state index contributed by atoms with van der Waals surface area (Å²) < 4.78 is 5.53. The third-order valence-corrected chi connectivity index (χ3v) is 2.53. The van der Waals surface area contributed by atoms with E-state index in [0.29, 0.717) is 12.5 Å². The SMILES string of the molecule is C=CCOc1cc(CNCCC)cc(CCC)n1. The standard InChI is InChI=1S/C15H24N2O/c1-4-7-14-10-13(12-16-8-5-2)11-15(17-14)18-9-6-3/h6,10-11,16H,3-5,7-9,12H2,1-2H3. The summed E-state index contributed by atoms with van der Waals surface area (Å²) in [4.78, 5) is 4.49. The van der Waals surface area contributed by atoms with Gasteiger partial charge in [0.05, 0.1) is 0 Å². The van der Waals surface area contributed by atoms with Crippen molar-refractivity contribution in [2.24, 2.45) is 0 Å². The Morgan fingerprint density at radius 3 is 2.83 bits per heavy atom. The summed E-state index contributed by atoms with van der Waals surface area (Å²) in [6.45, 7) is 10.4. The molecule has 1 rings (SSSR count). The maximum atomic E-state index is 5.53. The first kappa shape index (κ1) is 14.7. The van der Waals surface area contributed by atoms with Crippen LogP contribution < -0.4 is 10.1 Å². The number of pyridine rings is 1. The van der Waals surface area contributed by atoms with Crippen molar-refractivity contribution in [1.29, 1.82) is 0 Å². The van der Waals surface area contributed by atoms with E-state index in [0.717, 1.165) is 38.0 Å². The topological polar surface area (TPSA) is 34.1 Å². The zero-order valence-corrected chi connectivity index (χ0v) is 11.5. The molecule has 0 bridgehead atoms. The molecule has 1 N–H and O–H groups in total. The van der Waals surface area contributed by atoms with Crippen LogP contribution in [0.4, 0.5) is 0 Å². The molecule has 0 unspecified atom stereocenters. The van der Waals surface area contributed by atoms with Crippen LogP contribution in [-0.4, -0.2) is 18.1 Å². The molecule has 0 saturated heterocycles. The van der Waals surface area contributed by atoms with Crippen molar-refractivity contribution in [2.75, 3.05) is 13.2 Å². The molecule has 18 heavy (non-hydrogen) atoms. The zero-order chi connectivity index (χ0) is 13.2. The minimum absolute atomic E-state index is 0.504. The van der Waals surface area contributed by atoms with Gasteiger partial charge in [0, 0.05) is 18.3 Å². The molecule has 0 fully saturated rings. The highest BCUT2D eigenvalue weighted by Crippen LogP contribution is 2.14. The van der Waals surface area contributed by atoms with Crippen molar-refractivity contribution < 1.29 is 4.74 Å². The van der Waals surface area contributed by atoms with Gasteiger partial charge >= 0.3 is 0 Å². The Morgan fingerprint density at radius 1 is 1.33 bits per heavy atom. The molecular weight excluding hydrogens is 224 g/mol. The van der Waals surface area contributed by atoms with Crippen LogP contribution in [0.25, 0.3) is 0 Å². The van der Waals surface area contributed by atoms with Gasteiger partial charge in [-0.3, -0.25) is 0 Å². The van der Waals surface area contributed by atoms with Crippen LogP contribution in [0.5, 0.6) is 5.88 Å². The molecule has 0 spiro atoms. The molecule has 0 radical (unpaired) electrons. The fourth-order valence-corrected chi connectivity index (χ4v) is 1.73. The number of nitrogens with one attached hydrogen (secondary N) is 1. The van der Waals surface area contributed by atoms with Gasteiger partial charge in [0.15, 0.2) is 0 Å². The van der Waals surface area contributed by atoms with Crippen LogP contribution in [-0.2, 0) is 13.0 Å². The molecule has 3 nitrogen and oxygen atoms in total. The lowest BCUT2D eigenvalue weighted by Gasteiger charge is -2.09. The van der Waals surface area contributed by atoms with Gasteiger partial charge in [0.2, 0.25) is 5.88 Å². The Labute approximate surface area is 110 Å². The predicted octanol–water partition coefficient (Wildman–Crippen LogP) is 3.10. The van der Waals surface area contributed by atoms with Gasteiger partial charge in [-0.05, 0) is 31.0 Å². The molecule has 0 atom stereocenters. The number of aryl methyl sites for hydroxylation is 1. The summed E-state index contributed by atoms with van der Waals surface area (Å²) in [5.41, 5.74) is 2.34. The highest BCUT2D eigenvalue weighted by Gasteiger charge is 2.03. The number of ether oxygens (including phenoxy) is 1. The molecular formula is C15H24N2O. The van der Waals surface area contributed by atoms with E-state index in [1.54, 1.807) is 6.08 Å². The first-order valence-corrected chi connectivity index (χ1v) is 6.74. The smallest absolute Gasteiger partial charge is 0.214 e. The number of aromatic nitrogens is 1. The maximum absolute atomic E-state index is 5.53. The summed E-state index contributed by atoms with van der Waals surface area (Å²) in [5.74, 6) is 0.703. The molecule has 1 heterocycles. The Bertz CT molecular complexity index is 364. The van der Waals surface area contributed by atoms with Gasteiger partial charge in [-0.25, -0.2) is 4.98 Å². The van der Waals surface area contributed by atoms with E-state index in [9.17, 15) is 0 Å². The van der Waals surface area contributed by atoms with Gasteiger partial charge < -0.3 is 10.1 Å². The van der Waals surface area contributed by atoms with Gasteiger partial charge in [0.25, 0.3) is 0 Å². The molecule has 0 saturated carbocycles. The first-order chi connectivity index (χ1) is 8.80. The van der Waals surface area contributed by atoms with E-state index in [1.807, 2.05) is 6.07 Å². The fourth-order valence-electron chi connectivity index (χ4n) is 1.73. The van der Waals surface area contributed by atoms with Crippen LogP contribution in [0.2, 0.25) is 0 Å². The molecule has 0 aliphatic heterocycles. The van der Waals surface area contributed by atoms with Crippen LogP contribution in [0.15, 0.2) is 24.8 Å². The van der Waals surface area contributed by atoms with E-state index in [4.69, 9.17) is 4.74 Å². The molecule has 1 aromatic rings. The third kappa shape index (κ3) is 5.32. The highest BCUT2D eigenvalue weighted by molar-refractivity contribution is 5.25. The van der Waals surface area contributed by atoms with Crippen molar-refractivity contribution in [1.82, 2.24) is 10.3 Å². The van der Waals surface area contributed by atoms with E-state index in [1.165, 1.54) is 5.56 Å². The second-order valence-corrected chi connectivity index (χ2v) is 4.33. The fraction of sp³-hybridized carbons (Fsp3) is 0.533. The number of hydrogen-bond acceptors (Lipinski definition) is 3. The molecule has 0 aromatic carbocycles. The Hall–Kier alpha value is -1.35. The first-order valence-electron chi connectivity index (χ1n) is 6.74. The molecule has 1 aromatic heterocycles. The maximum Gasteiger partial charge on any atom is 0.214 e. The summed E-state index contributed by atoms with van der Waals surface area (Å²) >= 11 is 0. The zero-order valence-electron chi connectivity index (χ0n) is 11.5. The van der Waals surface area contributed by atoms with E-state index in [2.05, 4.69) is 36.8 Å². The number of rotatable bonds is 9. The summed E-state index contributed by atoms with van der Waals surface area (Å²) in [6.07, 6.45) is 4.97. The molecule has 3 heteroatoms. The Morgan fingerprint density at radius 2 is 2.17 bits per heavy atom. The van der Waals surface area contributed by atoms with Gasteiger partial charge in [-0.2, -0.15) is 0 Å². The van der Waals surface area contributed by atoms with Gasteiger partial charge in [0.1, 0.15) is 6.61 Å². The Kier molecular flexibility index (Phi) is 7.11. The van der Waals surface area contributed by atoms with Crippen molar-refractivity contribution in [2.45, 2.75) is 39.7 Å². The van der Waals surface area contributed by atoms with Crippen LogP contribution in [0.1, 0.15) is 37.9 Å². The van der Waals surface area contributed by atoms with Crippen molar-refractivity contribution in [3.63, 3.8) is 0 Å². The van der Waals surface area contributed by atoms with Gasteiger partial charge in [-0.15, -0.1) is 0 Å². The Balaban J connectivity index is 2.73.